The highest BCUT2D eigenvalue weighted by Crippen LogP contribution is 2.27. The third-order valence-corrected chi connectivity index (χ3v) is 3.26. The number of carbonyl (C=O) groups excluding carboxylic acids is 1. The lowest BCUT2D eigenvalue weighted by Crippen LogP contribution is -2.28. The van der Waals surface area contributed by atoms with Crippen LogP contribution in [0, 0.1) is 6.92 Å². The highest BCUT2D eigenvalue weighted by atomic mass is 16.5. The standard InChI is InChI=1S/C16H25NO2/c1-7-19-15(18)14(17-6)13-9-8-12(10-11(13)2)16(3,4)5/h8-10,14,17H,7H2,1-6H3. The van der Waals surface area contributed by atoms with E-state index in [0.717, 1.165) is 11.1 Å². The highest BCUT2D eigenvalue weighted by molar-refractivity contribution is 5.78. The van der Waals surface area contributed by atoms with Crippen LogP contribution >= 0.6 is 0 Å². The molecule has 0 amide bonds. The van der Waals surface area contributed by atoms with Gasteiger partial charge in [-0.2, -0.15) is 0 Å². The molecule has 0 aliphatic heterocycles. The van der Waals surface area contributed by atoms with Gasteiger partial charge in [-0.05, 0) is 43.0 Å². The average molecular weight is 263 g/mol. The molecule has 0 bridgehead atoms. The van der Waals surface area contributed by atoms with Gasteiger partial charge in [-0.3, -0.25) is 0 Å². The van der Waals surface area contributed by atoms with Crippen LogP contribution < -0.4 is 5.32 Å². The van der Waals surface area contributed by atoms with E-state index in [-0.39, 0.29) is 11.4 Å². The molecule has 1 atom stereocenters. The summed E-state index contributed by atoms with van der Waals surface area (Å²) in [7, 11) is 1.78. The normalized spacial score (nSPS) is 13.2. The molecule has 0 aliphatic carbocycles. The number of hydrogen-bond donors (Lipinski definition) is 1. The fraction of sp³-hybridized carbons (Fsp3) is 0.562. The quantitative estimate of drug-likeness (QED) is 0.848. The first kappa shape index (κ1) is 15.7. The van der Waals surface area contributed by atoms with Crippen molar-refractivity contribution >= 4 is 5.97 Å². The largest absolute Gasteiger partial charge is 0.465 e. The Morgan fingerprint density at radius 1 is 1.37 bits per heavy atom. The molecule has 0 saturated heterocycles. The SMILES string of the molecule is CCOC(=O)C(NC)c1ccc(C(C)(C)C)cc1C. The molecule has 106 valence electrons. The minimum absolute atomic E-state index is 0.113. The van der Waals surface area contributed by atoms with Crippen LogP contribution in [0.3, 0.4) is 0 Å². The van der Waals surface area contributed by atoms with Crippen molar-refractivity contribution < 1.29 is 9.53 Å². The Morgan fingerprint density at radius 2 is 2.00 bits per heavy atom. The smallest absolute Gasteiger partial charge is 0.327 e. The minimum atomic E-state index is -0.394. The van der Waals surface area contributed by atoms with Crippen molar-refractivity contribution in [1.29, 1.82) is 0 Å². The number of likely N-dealkylation sites (N-methyl/N-ethyl adjacent to an activating group) is 1. The fourth-order valence-corrected chi connectivity index (χ4v) is 2.09. The number of esters is 1. The van der Waals surface area contributed by atoms with Crippen molar-refractivity contribution in [2.24, 2.45) is 0 Å². The second kappa shape index (κ2) is 6.20. The summed E-state index contributed by atoms with van der Waals surface area (Å²) in [5.41, 5.74) is 3.48. The van der Waals surface area contributed by atoms with Crippen LogP contribution in [0.25, 0.3) is 0 Å². The zero-order chi connectivity index (χ0) is 14.6. The van der Waals surface area contributed by atoms with E-state index in [1.165, 1.54) is 5.56 Å². The summed E-state index contributed by atoms with van der Waals surface area (Å²) >= 11 is 0. The van der Waals surface area contributed by atoms with E-state index in [1.54, 1.807) is 7.05 Å². The molecule has 1 unspecified atom stereocenters. The summed E-state index contributed by atoms with van der Waals surface area (Å²) in [5, 5.41) is 3.03. The zero-order valence-corrected chi connectivity index (χ0v) is 12.8. The highest BCUT2D eigenvalue weighted by Gasteiger charge is 2.23. The van der Waals surface area contributed by atoms with Crippen LogP contribution in [0.1, 0.15) is 50.4 Å². The molecule has 0 aliphatic rings. The number of hydrogen-bond acceptors (Lipinski definition) is 3. The van der Waals surface area contributed by atoms with Gasteiger partial charge < -0.3 is 10.1 Å². The van der Waals surface area contributed by atoms with Gasteiger partial charge in [-0.1, -0.05) is 39.0 Å². The van der Waals surface area contributed by atoms with Crippen molar-refractivity contribution in [3.05, 3.63) is 34.9 Å². The monoisotopic (exact) mass is 263 g/mol. The van der Waals surface area contributed by atoms with E-state index in [4.69, 9.17) is 4.74 Å². The van der Waals surface area contributed by atoms with Crippen LogP contribution in [0.2, 0.25) is 0 Å². The van der Waals surface area contributed by atoms with E-state index in [2.05, 4.69) is 38.2 Å². The lowest BCUT2D eigenvalue weighted by Gasteiger charge is -2.23. The molecule has 0 saturated carbocycles. The second-order valence-corrected chi connectivity index (χ2v) is 5.80. The van der Waals surface area contributed by atoms with Gasteiger partial charge in [0.25, 0.3) is 0 Å². The maximum Gasteiger partial charge on any atom is 0.327 e. The molecule has 1 rings (SSSR count). The predicted octanol–water partition coefficient (Wildman–Crippen LogP) is 3.12. The third kappa shape index (κ3) is 3.80. The second-order valence-electron chi connectivity index (χ2n) is 5.80. The Balaban J connectivity index is 3.10. The van der Waals surface area contributed by atoms with E-state index < -0.39 is 6.04 Å². The molecule has 0 spiro atoms. The molecular formula is C16H25NO2. The Morgan fingerprint density at radius 3 is 2.42 bits per heavy atom. The Kier molecular flexibility index (Phi) is 5.12. The van der Waals surface area contributed by atoms with Crippen molar-refractivity contribution in [2.45, 2.75) is 46.1 Å². The first-order valence-electron chi connectivity index (χ1n) is 6.76. The third-order valence-electron chi connectivity index (χ3n) is 3.26. The lowest BCUT2D eigenvalue weighted by atomic mass is 9.84. The van der Waals surface area contributed by atoms with E-state index in [0.29, 0.717) is 6.61 Å². The number of rotatable bonds is 4. The van der Waals surface area contributed by atoms with Gasteiger partial charge in [0.15, 0.2) is 0 Å². The molecule has 1 aromatic rings. The van der Waals surface area contributed by atoms with Gasteiger partial charge in [0.1, 0.15) is 6.04 Å². The lowest BCUT2D eigenvalue weighted by molar-refractivity contribution is -0.145. The molecule has 1 N–H and O–H groups in total. The summed E-state index contributed by atoms with van der Waals surface area (Å²) < 4.78 is 5.10. The van der Waals surface area contributed by atoms with Gasteiger partial charge in [-0.25, -0.2) is 4.79 Å². The summed E-state index contributed by atoms with van der Waals surface area (Å²) in [6.45, 7) is 10.8. The number of nitrogens with one attached hydrogen (secondary N) is 1. The molecular weight excluding hydrogens is 238 g/mol. The molecule has 3 heteroatoms. The number of carbonyl (C=O) groups is 1. The molecule has 0 radical (unpaired) electrons. The van der Waals surface area contributed by atoms with E-state index >= 15 is 0 Å². The number of ether oxygens (including phenoxy) is 1. The Bertz CT molecular complexity index is 447. The minimum Gasteiger partial charge on any atom is -0.465 e. The Hall–Kier alpha value is -1.35. The molecule has 0 fully saturated rings. The van der Waals surface area contributed by atoms with Crippen LogP contribution in [-0.2, 0) is 14.9 Å². The number of aryl methyl sites for hydroxylation is 1. The van der Waals surface area contributed by atoms with Crippen LogP contribution in [-0.4, -0.2) is 19.6 Å². The van der Waals surface area contributed by atoms with E-state index in [9.17, 15) is 4.79 Å². The first-order chi connectivity index (χ1) is 8.81. The van der Waals surface area contributed by atoms with Gasteiger partial charge in [0.2, 0.25) is 0 Å². The van der Waals surface area contributed by atoms with Gasteiger partial charge in [-0.15, -0.1) is 0 Å². The van der Waals surface area contributed by atoms with Gasteiger partial charge in [0.05, 0.1) is 6.61 Å². The average Bonchev–Trinajstić information content (AvgIpc) is 2.31. The van der Waals surface area contributed by atoms with Crippen molar-refractivity contribution in [3.8, 4) is 0 Å². The first-order valence-corrected chi connectivity index (χ1v) is 6.76. The molecule has 0 heterocycles. The number of benzene rings is 1. The van der Waals surface area contributed by atoms with Crippen molar-refractivity contribution in [2.75, 3.05) is 13.7 Å². The summed E-state index contributed by atoms with van der Waals surface area (Å²) in [5.74, 6) is -0.225. The van der Waals surface area contributed by atoms with Crippen LogP contribution in [0.4, 0.5) is 0 Å². The van der Waals surface area contributed by atoms with E-state index in [1.807, 2.05) is 19.9 Å². The Labute approximate surface area is 116 Å². The summed E-state index contributed by atoms with van der Waals surface area (Å²) in [6, 6.07) is 5.87. The zero-order valence-electron chi connectivity index (χ0n) is 12.8. The molecule has 0 aromatic heterocycles. The molecule has 19 heavy (non-hydrogen) atoms. The van der Waals surface area contributed by atoms with Gasteiger partial charge in [0, 0.05) is 0 Å². The summed E-state index contributed by atoms with van der Waals surface area (Å²) in [4.78, 5) is 11.9. The van der Waals surface area contributed by atoms with Crippen LogP contribution in [0.5, 0.6) is 0 Å². The van der Waals surface area contributed by atoms with Gasteiger partial charge >= 0.3 is 5.97 Å². The summed E-state index contributed by atoms with van der Waals surface area (Å²) in [6.07, 6.45) is 0. The molecule has 3 nitrogen and oxygen atoms in total. The maximum atomic E-state index is 11.9. The van der Waals surface area contributed by atoms with Crippen molar-refractivity contribution in [3.63, 3.8) is 0 Å². The predicted molar refractivity (Wildman–Crippen MR) is 78.3 cm³/mol. The fourth-order valence-electron chi connectivity index (χ4n) is 2.09. The van der Waals surface area contributed by atoms with Crippen molar-refractivity contribution in [1.82, 2.24) is 5.32 Å². The van der Waals surface area contributed by atoms with Crippen LogP contribution in [0.15, 0.2) is 18.2 Å². The topological polar surface area (TPSA) is 38.3 Å². The molecule has 1 aromatic carbocycles. The maximum absolute atomic E-state index is 11.9.